The number of imidazole rings is 1. The van der Waals surface area contributed by atoms with Crippen LogP contribution in [0.1, 0.15) is 37.0 Å². The molecule has 1 saturated heterocycles. The summed E-state index contributed by atoms with van der Waals surface area (Å²) < 4.78 is 28.9. The summed E-state index contributed by atoms with van der Waals surface area (Å²) in [6.45, 7) is 2.26. The molecule has 0 aromatic carbocycles. The SMILES string of the molecule is Cc1nc(S(=O)(=O)N2CCCCC2c2ncn[nH]2)cn1C. The molecular weight excluding hydrogens is 292 g/mol. The van der Waals surface area contributed by atoms with Crippen molar-refractivity contribution in [2.24, 2.45) is 7.05 Å². The highest BCUT2D eigenvalue weighted by atomic mass is 32.2. The van der Waals surface area contributed by atoms with E-state index in [0.717, 1.165) is 19.3 Å². The molecule has 0 radical (unpaired) electrons. The second-order valence-electron chi connectivity index (χ2n) is 5.24. The van der Waals surface area contributed by atoms with Crippen molar-refractivity contribution in [3.8, 4) is 0 Å². The minimum Gasteiger partial charge on any atom is -0.337 e. The van der Waals surface area contributed by atoms with Crippen LogP contribution >= 0.6 is 0 Å². The van der Waals surface area contributed by atoms with E-state index in [-0.39, 0.29) is 11.1 Å². The Morgan fingerprint density at radius 2 is 2.19 bits per heavy atom. The zero-order chi connectivity index (χ0) is 15.0. The quantitative estimate of drug-likeness (QED) is 0.903. The smallest absolute Gasteiger partial charge is 0.262 e. The standard InChI is InChI=1S/C12H18N6O2S/c1-9-15-11(7-17(9)2)21(19,20)18-6-4-3-5-10(18)12-13-8-14-16-12/h7-8,10H,3-6H2,1-2H3,(H,13,14,16). The molecule has 114 valence electrons. The number of hydrogen-bond acceptors (Lipinski definition) is 5. The van der Waals surface area contributed by atoms with Gasteiger partial charge < -0.3 is 4.57 Å². The van der Waals surface area contributed by atoms with Gasteiger partial charge in [-0.05, 0) is 19.8 Å². The van der Waals surface area contributed by atoms with Crippen LogP contribution in [0.25, 0.3) is 0 Å². The number of aromatic nitrogens is 5. The van der Waals surface area contributed by atoms with Crippen LogP contribution in [0.4, 0.5) is 0 Å². The van der Waals surface area contributed by atoms with Gasteiger partial charge in [-0.15, -0.1) is 0 Å². The zero-order valence-corrected chi connectivity index (χ0v) is 12.8. The van der Waals surface area contributed by atoms with Gasteiger partial charge in [0.1, 0.15) is 18.0 Å². The molecule has 1 N–H and O–H groups in total. The molecule has 0 spiro atoms. The maximum absolute atomic E-state index is 12.8. The zero-order valence-electron chi connectivity index (χ0n) is 12.0. The topological polar surface area (TPSA) is 96.8 Å². The molecule has 1 aliphatic rings. The Morgan fingerprint density at radius 1 is 1.38 bits per heavy atom. The summed E-state index contributed by atoms with van der Waals surface area (Å²) in [6, 6.07) is -0.298. The molecule has 1 aliphatic heterocycles. The van der Waals surface area contributed by atoms with Crippen LogP contribution < -0.4 is 0 Å². The maximum Gasteiger partial charge on any atom is 0.262 e. The number of aromatic amines is 1. The molecule has 8 nitrogen and oxygen atoms in total. The van der Waals surface area contributed by atoms with Crippen molar-refractivity contribution in [3.63, 3.8) is 0 Å². The van der Waals surface area contributed by atoms with E-state index in [2.05, 4.69) is 20.2 Å². The van der Waals surface area contributed by atoms with E-state index in [1.54, 1.807) is 24.7 Å². The summed E-state index contributed by atoms with van der Waals surface area (Å²) >= 11 is 0. The van der Waals surface area contributed by atoms with Gasteiger partial charge in [-0.1, -0.05) is 6.42 Å². The normalized spacial score (nSPS) is 20.8. The third kappa shape index (κ3) is 2.46. The Kier molecular flexibility index (Phi) is 3.54. The Balaban J connectivity index is 1.99. The number of aryl methyl sites for hydroxylation is 2. The van der Waals surface area contributed by atoms with Crippen LogP contribution in [0.15, 0.2) is 17.6 Å². The van der Waals surface area contributed by atoms with Gasteiger partial charge in [0, 0.05) is 19.8 Å². The highest BCUT2D eigenvalue weighted by Crippen LogP contribution is 2.33. The first-order valence-corrected chi connectivity index (χ1v) is 8.31. The van der Waals surface area contributed by atoms with Gasteiger partial charge in [0.05, 0.1) is 6.04 Å². The second-order valence-corrected chi connectivity index (χ2v) is 7.07. The van der Waals surface area contributed by atoms with E-state index < -0.39 is 10.0 Å². The van der Waals surface area contributed by atoms with Crippen molar-refractivity contribution < 1.29 is 8.42 Å². The fraction of sp³-hybridized carbons (Fsp3) is 0.583. The van der Waals surface area contributed by atoms with Crippen LogP contribution in [-0.2, 0) is 17.1 Å². The highest BCUT2D eigenvalue weighted by Gasteiger charge is 2.37. The molecule has 0 amide bonds. The third-order valence-corrected chi connectivity index (χ3v) is 5.64. The predicted octanol–water partition coefficient (Wildman–Crippen LogP) is 0.763. The van der Waals surface area contributed by atoms with E-state index in [1.807, 2.05) is 0 Å². The lowest BCUT2D eigenvalue weighted by atomic mass is 10.0. The van der Waals surface area contributed by atoms with Crippen LogP contribution in [-0.4, -0.2) is 44.0 Å². The Bertz CT molecular complexity index is 702. The Labute approximate surface area is 123 Å². The maximum atomic E-state index is 12.8. The molecule has 1 atom stereocenters. The van der Waals surface area contributed by atoms with Gasteiger partial charge >= 0.3 is 0 Å². The third-order valence-electron chi connectivity index (χ3n) is 3.86. The Hall–Kier alpha value is -1.74. The molecule has 0 bridgehead atoms. The Morgan fingerprint density at radius 3 is 2.81 bits per heavy atom. The van der Waals surface area contributed by atoms with Gasteiger partial charge in [0.25, 0.3) is 10.0 Å². The molecule has 2 aromatic heterocycles. The summed E-state index contributed by atoms with van der Waals surface area (Å²) in [7, 11) is -1.84. The molecule has 1 fully saturated rings. The summed E-state index contributed by atoms with van der Waals surface area (Å²) in [5.74, 6) is 1.26. The average Bonchev–Trinajstić information content (AvgIpc) is 3.10. The van der Waals surface area contributed by atoms with E-state index in [0.29, 0.717) is 18.2 Å². The van der Waals surface area contributed by atoms with Crippen molar-refractivity contribution >= 4 is 10.0 Å². The first-order valence-electron chi connectivity index (χ1n) is 6.87. The predicted molar refractivity (Wildman–Crippen MR) is 74.8 cm³/mol. The number of piperidine rings is 1. The van der Waals surface area contributed by atoms with Gasteiger partial charge in [0.15, 0.2) is 5.03 Å². The summed E-state index contributed by atoms with van der Waals surface area (Å²) in [4.78, 5) is 8.28. The minimum absolute atomic E-state index is 0.0916. The number of nitrogens with zero attached hydrogens (tertiary/aromatic N) is 5. The number of H-pyrrole nitrogens is 1. The highest BCUT2D eigenvalue weighted by molar-refractivity contribution is 7.89. The minimum atomic E-state index is -3.63. The van der Waals surface area contributed by atoms with Crippen LogP contribution in [0, 0.1) is 6.92 Å². The van der Waals surface area contributed by atoms with Crippen molar-refractivity contribution in [2.75, 3.05) is 6.54 Å². The average molecular weight is 310 g/mol. The summed E-state index contributed by atoms with van der Waals surface area (Å²) in [5.41, 5.74) is 0. The molecule has 21 heavy (non-hydrogen) atoms. The van der Waals surface area contributed by atoms with Gasteiger partial charge in [-0.25, -0.2) is 18.4 Å². The molecule has 3 rings (SSSR count). The molecule has 9 heteroatoms. The van der Waals surface area contributed by atoms with Crippen molar-refractivity contribution in [1.29, 1.82) is 0 Å². The lowest BCUT2D eigenvalue weighted by Gasteiger charge is -2.32. The lowest BCUT2D eigenvalue weighted by molar-refractivity contribution is 0.246. The molecule has 0 saturated carbocycles. The van der Waals surface area contributed by atoms with Crippen molar-refractivity contribution in [3.05, 3.63) is 24.2 Å². The van der Waals surface area contributed by atoms with Gasteiger partial charge in [0.2, 0.25) is 0 Å². The summed E-state index contributed by atoms with van der Waals surface area (Å²) in [6.07, 6.45) is 5.50. The largest absolute Gasteiger partial charge is 0.337 e. The van der Waals surface area contributed by atoms with Gasteiger partial charge in [-0.3, -0.25) is 5.10 Å². The van der Waals surface area contributed by atoms with Crippen LogP contribution in [0.5, 0.6) is 0 Å². The van der Waals surface area contributed by atoms with Crippen molar-refractivity contribution in [2.45, 2.75) is 37.3 Å². The monoisotopic (exact) mass is 310 g/mol. The number of sulfonamides is 1. The second kappa shape index (κ2) is 5.23. The first-order chi connectivity index (χ1) is 10.00. The van der Waals surface area contributed by atoms with E-state index in [4.69, 9.17) is 0 Å². The van der Waals surface area contributed by atoms with E-state index >= 15 is 0 Å². The molecular formula is C12H18N6O2S. The number of hydrogen-bond donors (Lipinski definition) is 1. The molecule has 1 unspecified atom stereocenters. The fourth-order valence-corrected chi connectivity index (χ4v) is 4.30. The van der Waals surface area contributed by atoms with E-state index in [9.17, 15) is 8.42 Å². The first kappa shape index (κ1) is 14.2. The van der Waals surface area contributed by atoms with E-state index in [1.165, 1.54) is 10.6 Å². The lowest BCUT2D eigenvalue weighted by Crippen LogP contribution is -2.39. The molecule has 3 heterocycles. The summed E-state index contributed by atoms with van der Waals surface area (Å²) in [5, 5.41) is 6.70. The number of rotatable bonds is 3. The van der Waals surface area contributed by atoms with Crippen LogP contribution in [0.2, 0.25) is 0 Å². The van der Waals surface area contributed by atoms with Crippen molar-refractivity contribution in [1.82, 2.24) is 29.0 Å². The van der Waals surface area contributed by atoms with Gasteiger partial charge in [-0.2, -0.15) is 9.40 Å². The molecule has 0 aliphatic carbocycles. The van der Waals surface area contributed by atoms with Crippen LogP contribution in [0.3, 0.4) is 0 Å². The molecule has 2 aromatic rings. The number of nitrogens with one attached hydrogen (secondary N) is 1. The fourth-order valence-electron chi connectivity index (χ4n) is 2.61.